The zero-order valence-electron chi connectivity index (χ0n) is 15.8. The van der Waals surface area contributed by atoms with Crippen LogP contribution in [0, 0.1) is 6.92 Å². The third-order valence-electron chi connectivity index (χ3n) is 5.27. The molecule has 1 aromatic heterocycles. The summed E-state index contributed by atoms with van der Waals surface area (Å²) in [6.45, 7) is 14.7. The molecule has 7 heteroatoms. The molecule has 0 radical (unpaired) electrons. The van der Waals surface area contributed by atoms with Gasteiger partial charge in [0.25, 0.3) is 5.56 Å². The first-order chi connectivity index (χ1) is 11.0. The highest BCUT2D eigenvalue weighted by molar-refractivity contribution is 6.74. The Bertz CT molecular complexity index is 702. The van der Waals surface area contributed by atoms with Gasteiger partial charge in [-0.05, 0) is 31.5 Å². The molecule has 0 bridgehead atoms. The van der Waals surface area contributed by atoms with Crippen LogP contribution in [0.1, 0.15) is 52.3 Å². The number of hydrogen-bond acceptors (Lipinski definition) is 4. The van der Waals surface area contributed by atoms with Crippen molar-refractivity contribution >= 4 is 8.32 Å². The lowest BCUT2D eigenvalue weighted by molar-refractivity contribution is -0.0371. The molecule has 1 N–H and O–H groups in total. The van der Waals surface area contributed by atoms with Crippen LogP contribution in [0.4, 0.5) is 0 Å². The van der Waals surface area contributed by atoms with Crippen LogP contribution in [-0.4, -0.2) is 30.1 Å². The minimum atomic E-state index is -2.00. The molecule has 0 aliphatic carbocycles. The lowest BCUT2D eigenvalue weighted by atomic mass is 10.1. The molecular formula is C17H30N2O4Si. The number of rotatable bonds is 4. The van der Waals surface area contributed by atoms with E-state index >= 15 is 0 Å². The van der Waals surface area contributed by atoms with E-state index in [-0.39, 0.29) is 22.8 Å². The van der Waals surface area contributed by atoms with Crippen LogP contribution in [-0.2, 0) is 9.16 Å². The summed E-state index contributed by atoms with van der Waals surface area (Å²) < 4.78 is 14.1. The van der Waals surface area contributed by atoms with Crippen LogP contribution in [0.5, 0.6) is 0 Å². The lowest BCUT2D eigenvalue weighted by Gasteiger charge is -2.39. The van der Waals surface area contributed by atoms with E-state index in [4.69, 9.17) is 9.16 Å². The van der Waals surface area contributed by atoms with Gasteiger partial charge in [-0.3, -0.25) is 14.3 Å². The van der Waals surface area contributed by atoms with Gasteiger partial charge in [-0.25, -0.2) is 4.79 Å². The van der Waals surface area contributed by atoms with Gasteiger partial charge < -0.3 is 9.16 Å². The zero-order valence-corrected chi connectivity index (χ0v) is 16.8. The van der Waals surface area contributed by atoms with E-state index in [0.717, 1.165) is 12.8 Å². The van der Waals surface area contributed by atoms with Crippen LogP contribution in [0.25, 0.3) is 0 Å². The highest BCUT2D eigenvalue weighted by Crippen LogP contribution is 2.41. The van der Waals surface area contributed by atoms with Gasteiger partial charge in [0, 0.05) is 18.2 Å². The Kier molecular flexibility index (Phi) is 5.27. The molecule has 1 saturated heterocycles. The molecule has 0 spiro atoms. The number of hydrogen-bond donors (Lipinski definition) is 1. The van der Waals surface area contributed by atoms with E-state index in [9.17, 15) is 9.59 Å². The van der Waals surface area contributed by atoms with Gasteiger partial charge in [0.05, 0.1) is 12.2 Å². The van der Waals surface area contributed by atoms with Crippen molar-refractivity contribution in [1.82, 2.24) is 9.55 Å². The molecular weight excluding hydrogens is 324 g/mol. The first-order valence-electron chi connectivity index (χ1n) is 8.61. The molecule has 2 rings (SSSR count). The molecule has 0 unspecified atom stereocenters. The Morgan fingerprint density at radius 3 is 2.54 bits per heavy atom. The van der Waals surface area contributed by atoms with Crippen molar-refractivity contribution in [2.45, 2.75) is 84.0 Å². The molecule has 2 heterocycles. The number of nitrogens with one attached hydrogen (secondary N) is 1. The van der Waals surface area contributed by atoms with E-state index in [0.29, 0.717) is 5.56 Å². The fraction of sp³-hybridized carbons (Fsp3) is 0.765. The van der Waals surface area contributed by atoms with Gasteiger partial charge in [0.15, 0.2) is 14.5 Å². The Labute approximate surface area is 144 Å². The van der Waals surface area contributed by atoms with Crippen molar-refractivity contribution < 1.29 is 9.16 Å². The Morgan fingerprint density at radius 1 is 1.38 bits per heavy atom. The minimum Gasteiger partial charge on any atom is -0.409 e. The lowest BCUT2D eigenvalue weighted by Crippen LogP contribution is -2.46. The molecule has 1 fully saturated rings. The molecule has 136 valence electrons. The average molecular weight is 355 g/mol. The standard InChI is InChI=1S/C17H30N2O4Si/c1-8-12-9-13(23-24(6,7)17(3,4)5)15(22-12)19-10-11(2)14(20)18-16(19)21/h10,12-13,15H,8-9H2,1-7H3,(H,18,20,21)/t12-,13+,15-/m1/s1. The largest absolute Gasteiger partial charge is 0.409 e. The quantitative estimate of drug-likeness (QED) is 0.844. The van der Waals surface area contributed by atoms with E-state index in [2.05, 4.69) is 45.8 Å². The monoisotopic (exact) mass is 354 g/mol. The fourth-order valence-corrected chi connectivity index (χ4v) is 3.98. The zero-order chi connectivity index (χ0) is 18.3. The first kappa shape index (κ1) is 19.1. The van der Waals surface area contributed by atoms with Gasteiger partial charge >= 0.3 is 5.69 Å². The molecule has 1 aliphatic heterocycles. The topological polar surface area (TPSA) is 73.3 Å². The van der Waals surface area contributed by atoms with Crippen molar-refractivity contribution in [3.05, 3.63) is 32.6 Å². The number of aromatic nitrogens is 2. The molecule has 1 aliphatic rings. The van der Waals surface area contributed by atoms with Crippen molar-refractivity contribution in [2.75, 3.05) is 0 Å². The SMILES string of the molecule is CC[C@@H]1C[C@H](O[Si](C)(C)C(C)(C)C)[C@H](n2cc(C)c(=O)[nH]c2=O)O1. The second kappa shape index (κ2) is 6.61. The van der Waals surface area contributed by atoms with Crippen molar-refractivity contribution in [3.63, 3.8) is 0 Å². The van der Waals surface area contributed by atoms with Crippen LogP contribution < -0.4 is 11.2 Å². The molecule has 3 atom stereocenters. The maximum absolute atomic E-state index is 12.3. The Hall–Kier alpha value is -1.18. The summed E-state index contributed by atoms with van der Waals surface area (Å²) in [5.41, 5.74) is -0.316. The number of ether oxygens (including phenoxy) is 1. The van der Waals surface area contributed by atoms with Gasteiger partial charge in [0.2, 0.25) is 0 Å². The van der Waals surface area contributed by atoms with Gasteiger partial charge in [-0.1, -0.05) is 27.7 Å². The van der Waals surface area contributed by atoms with E-state index in [1.165, 1.54) is 4.57 Å². The Morgan fingerprint density at radius 2 is 2.00 bits per heavy atom. The average Bonchev–Trinajstić information content (AvgIpc) is 2.84. The number of aryl methyl sites for hydroxylation is 1. The molecule has 0 saturated carbocycles. The molecule has 0 amide bonds. The summed E-state index contributed by atoms with van der Waals surface area (Å²) in [7, 11) is -2.00. The maximum atomic E-state index is 12.3. The maximum Gasteiger partial charge on any atom is 0.330 e. The highest BCUT2D eigenvalue weighted by Gasteiger charge is 2.45. The number of H-pyrrole nitrogens is 1. The van der Waals surface area contributed by atoms with Crippen LogP contribution in [0.3, 0.4) is 0 Å². The van der Waals surface area contributed by atoms with Crippen molar-refractivity contribution in [1.29, 1.82) is 0 Å². The summed E-state index contributed by atoms with van der Waals surface area (Å²) in [4.78, 5) is 26.3. The summed E-state index contributed by atoms with van der Waals surface area (Å²) in [6.07, 6.45) is 2.59. The van der Waals surface area contributed by atoms with E-state index < -0.39 is 20.2 Å². The summed E-state index contributed by atoms with van der Waals surface area (Å²) in [6, 6.07) is 0. The van der Waals surface area contributed by atoms with Crippen molar-refractivity contribution in [2.24, 2.45) is 0 Å². The van der Waals surface area contributed by atoms with E-state index in [1.54, 1.807) is 13.1 Å². The van der Waals surface area contributed by atoms with Gasteiger partial charge in [-0.15, -0.1) is 0 Å². The molecule has 1 aromatic rings. The number of nitrogens with zero attached hydrogens (tertiary/aromatic N) is 1. The van der Waals surface area contributed by atoms with E-state index in [1.807, 2.05) is 0 Å². The fourth-order valence-electron chi connectivity index (χ4n) is 2.66. The highest BCUT2D eigenvalue weighted by atomic mass is 28.4. The molecule has 6 nitrogen and oxygen atoms in total. The van der Waals surface area contributed by atoms with Crippen LogP contribution in [0.15, 0.2) is 15.8 Å². The van der Waals surface area contributed by atoms with Crippen LogP contribution in [0.2, 0.25) is 18.1 Å². The second-order valence-corrected chi connectivity index (χ2v) is 12.9. The Balaban J connectivity index is 2.38. The smallest absolute Gasteiger partial charge is 0.330 e. The predicted octanol–water partition coefficient (Wildman–Crippen LogP) is 2.93. The summed E-state index contributed by atoms with van der Waals surface area (Å²) in [5.74, 6) is 0. The molecule has 24 heavy (non-hydrogen) atoms. The second-order valence-electron chi connectivity index (χ2n) is 8.19. The van der Waals surface area contributed by atoms with Gasteiger partial charge in [0.1, 0.15) is 0 Å². The predicted molar refractivity (Wildman–Crippen MR) is 96.9 cm³/mol. The number of aromatic amines is 1. The molecule has 0 aromatic carbocycles. The summed E-state index contributed by atoms with van der Waals surface area (Å²) in [5, 5.41) is 0.0771. The first-order valence-corrected chi connectivity index (χ1v) is 11.5. The normalized spacial score (nSPS) is 25.2. The van der Waals surface area contributed by atoms with Gasteiger partial charge in [-0.2, -0.15) is 0 Å². The van der Waals surface area contributed by atoms with Crippen molar-refractivity contribution in [3.8, 4) is 0 Å². The minimum absolute atomic E-state index is 0.0592. The summed E-state index contributed by atoms with van der Waals surface area (Å²) >= 11 is 0. The van der Waals surface area contributed by atoms with Crippen LogP contribution >= 0.6 is 0 Å². The third kappa shape index (κ3) is 3.73. The third-order valence-corrected chi connectivity index (χ3v) is 9.78.